The summed E-state index contributed by atoms with van der Waals surface area (Å²) in [5, 5.41) is 0.892. The summed E-state index contributed by atoms with van der Waals surface area (Å²) >= 11 is 1.56. The molecule has 0 bridgehead atoms. The molecule has 0 radical (unpaired) electrons. The van der Waals surface area contributed by atoms with E-state index < -0.39 is 0 Å². The Kier molecular flexibility index (Phi) is 3.95. The van der Waals surface area contributed by atoms with Crippen molar-refractivity contribution in [3.63, 3.8) is 0 Å². The number of methoxy groups -OCH3 is 1. The third-order valence-corrected chi connectivity index (χ3v) is 3.31. The van der Waals surface area contributed by atoms with Gasteiger partial charge in [-0.3, -0.25) is 0 Å². The maximum absolute atomic E-state index is 5.71. The number of nitrogens with two attached hydrogens (primary N) is 1. The molecule has 88 valence electrons. The Morgan fingerprint density at radius 1 is 1.35 bits per heavy atom. The van der Waals surface area contributed by atoms with Crippen LogP contribution in [0.25, 0.3) is 0 Å². The minimum absolute atomic E-state index is 0.497. The zero-order valence-corrected chi connectivity index (χ0v) is 10.3. The third kappa shape index (κ3) is 2.95. The Hall–Kier alpha value is -1.59. The lowest BCUT2D eigenvalue weighted by atomic mass is 10.2. The van der Waals surface area contributed by atoms with E-state index in [0.717, 1.165) is 21.2 Å². The molecule has 0 saturated heterocycles. The molecule has 4 nitrogen and oxygen atoms in total. The highest BCUT2D eigenvalue weighted by molar-refractivity contribution is 7.99. The molecule has 0 aliphatic heterocycles. The number of benzene rings is 1. The van der Waals surface area contributed by atoms with Crippen LogP contribution in [0.4, 0.5) is 0 Å². The lowest BCUT2D eigenvalue weighted by Gasteiger charge is -2.08. The van der Waals surface area contributed by atoms with Crippen LogP contribution in [0, 0.1) is 0 Å². The van der Waals surface area contributed by atoms with E-state index in [1.807, 2.05) is 24.3 Å². The number of ether oxygens (including phenoxy) is 1. The van der Waals surface area contributed by atoms with Gasteiger partial charge in [0.05, 0.1) is 7.11 Å². The zero-order valence-electron chi connectivity index (χ0n) is 9.46. The molecule has 0 aliphatic carbocycles. The molecular formula is C12H13N3OS. The van der Waals surface area contributed by atoms with Gasteiger partial charge in [-0.25, -0.2) is 9.97 Å². The first-order chi connectivity index (χ1) is 8.33. The molecular weight excluding hydrogens is 234 g/mol. The van der Waals surface area contributed by atoms with Crippen molar-refractivity contribution in [1.82, 2.24) is 9.97 Å². The highest BCUT2D eigenvalue weighted by Gasteiger charge is 2.06. The number of hydrogen-bond donors (Lipinski definition) is 1. The first kappa shape index (κ1) is 11.9. The zero-order chi connectivity index (χ0) is 12.1. The molecule has 0 fully saturated rings. The van der Waals surface area contributed by atoms with E-state index in [1.54, 1.807) is 25.1 Å². The van der Waals surface area contributed by atoms with Crippen molar-refractivity contribution in [1.29, 1.82) is 0 Å². The fourth-order valence-corrected chi connectivity index (χ4v) is 2.29. The number of rotatable bonds is 4. The Morgan fingerprint density at radius 3 is 2.88 bits per heavy atom. The van der Waals surface area contributed by atoms with Gasteiger partial charge in [-0.05, 0) is 23.8 Å². The van der Waals surface area contributed by atoms with Crippen LogP contribution in [-0.2, 0) is 6.54 Å². The maximum atomic E-state index is 5.71. The second-order valence-corrected chi connectivity index (χ2v) is 4.39. The largest absolute Gasteiger partial charge is 0.497 e. The average Bonchev–Trinajstić information content (AvgIpc) is 2.40. The molecule has 5 heteroatoms. The summed E-state index contributed by atoms with van der Waals surface area (Å²) in [7, 11) is 1.65. The third-order valence-electron chi connectivity index (χ3n) is 2.26. The standard InChI is InChI=1S/C12H13N3OS/c1-16-10-3-2-9(7-13)11(6-10)17-12-4-5-14-8-15-12/h2-6,8H,7,13H2,1H3. The SMILES string of the molecule is COc1ccc(CN)c(Sc2ccncn2)c1. The topological polar surface area (TPSA) is 61.0 Å². The molecule has 0 aliphatic rings. The van der Waals surface area contributed by atoms with Crippen molar-refractivity contribution in [2.24, 2.45) is 5.73 Å². The number of aromatic nitrogens is 2. The molecule has 1 aromatic heterocycles. The van der Waals surface area contributed by atoms with E-state index in [2.05, 4.69) is 9.97 Å². The highest BCUT2D eigenvalue weighted by atomic mass is 32.2. The maximum Gasteiger partial charge on any atom is 0.120 e. The Morgan fingerprint density at radius 2 is 2.24 bits per heavy atom. The molecule has 2 N–H and O–H groups in total. The minimum atomic E-state index is 0.497. The minimum Gasteiger partial charge on any atom is -0.497 e. The van der Waals surface area contributed by atoms with Gasteiger partial charge in [0.25, 0.3) is 0 Å². The van der Waals surface area contributed by atoms with Crippen molar-refractivity contribution in [2.45, 2.75) is 16.5 Å². The highest BCUT2D eigenvalue weighted by Crippen LogP contribution is 2.31. The summed E-state index contributed by atoms with van der Waals surface area (Å²) in [6, 6.07) is 7.72. The fraction of sp³-hybridized carbons (Fsp3) is 0.167. The molecule has 0 spiro atoms. The first-order valence-corrected chi connectivity index (χ1v) is 5.96. The molecule has 1 aromatic carbocycles. The lowest BCUT2D eigenvalue weighted by Crippen LogP contribution is -1.99. The Balaban J connectivity index is 2.30. The lowest BCUT2D eigenvalue weighted by molar-refractivity contribution is 0.413. The molecule has 17 heavy (non-hydrogen) atoms. The molecule has 0 amide bonds. The van der Waals surface area contributed by atoms with E-state index in [1.165, 1.54) is 6.33 Å². The van der Waals surface area contributed by atoms with Crippen molar-refractivity contribution in [3.05, 3.63) is 42.4 Å². The van der Waals surface area contributed by atoms with Crippen LogP contribution in [-0.4, -0.2) is 17.1 Å². The summed E-state index contributed by atoms with van der Waals surface area (Å²) in [6.45, 7) is 0.497. The van der Waals surface area contributed by atoms with Crippen molar-refractivity contribution in [2.75, 3.05) is 7.11 Å². The number of nitrogens with zero attached hydrogens (tertiary/aromatic N) is 2. The van der Waals surface area contributed by atoms with Gasteiger partial charge in [-0.2, -0.15) is 0 Å². The Bertz CT molecular complexity index is 490. The van der Waals surface area contributed by atoms with Crippen molar-refractivity contribution in [3.8, 4) is 5.75 Å². The second kappa shape index (κ2) is 5.65. The van der Waals surface area contributed by atoms with E-state index in [4.69, 9.17) is 10.5 Å². The molecule has 0 saturated carbocycles. The van der Waals surface area contributed by atoms with Crippen molar-refractivity contribution >= 4 is 11.8 Å². The van der Waals surface area contributed by atoms with Gasteiger partial charge < -0.3 is 10.5 Å². The Labute approximate surface area is 104 Å². The van der Waals surface area contributed by atoms with Crippen LogP contribution in [0.5, 0.6) is 5.75 Å². The molecule has 1 heterocycles. The predicted octanol–water partition coefficient (Wildman–Crippen LogP) is 2.10. The predicted molar refractivity (Wildman–Crippen MR) is 67.0 cm³/mol. The van der Waals surface area contributed by atoms with Gasteiger partial charge in [0.2, 0.25) is 0 Å². The van der Waals surface area contributed by atoms with Gasteiger partial charge in [-0.1, -0.05) is 17.8 Å². The van der Waals surface area contributed by atoms with E-state index >= 15 is 0 Å². The van der Waals surface area contributed by atoms with Crippen LogP contribution < -0.4 is 10.5 Å². The van der Waals surface area contributed by atoms with E-state index in [0.29, 0.717) is 6.54 Å². The first-order valence-electron chi connectivity index (χ1n) is 5.14. The molecule has 2 rings (SSSR count). The van der Waals surface area contributed by atoms with Crippen LogP contribution in [0.2, 0.25) is 0 Å². The van der Waals surface area contributed by atoms with Gasteiger partial charge in [0.1, 0.15) is 17.1 Å². The summed E-state index contributed by atoms with van der Waals surface area (Å²) in [5.74, 6) is 0.818. The molecule has 2 aromatic rings. The molecule has 0 atom stereocenters. The molecule has 0 unspecified atom stereocenters. The second-order valence-electron chi connectivity index (χ2n) is 3.33. The van der Waals surface area contributed by atoms with E-state index in [9.17, 15) is 0 Å². The summed E-state index contributed by atoms with van der Waals surface area (Å²) in [4.78, 5) is 9.13. The smallest absolute Gasteiger partial charge is 0.120 e. The van der Waals surface area contributed by atoms with Gasteiger partial charge in [-0.15, -0.1) is 0 Å². The quantitative estimate of drug-likeness (QED) is 0.838. The van der Waals surface area contributed by atoms with Gasteiger partial charge in [0.15, 0.2) is 0 Å². The monoisotopic (exact) mass is 247 g/mol. The summed E-state index contributed by atoms with van der Waals surface area (Å²) in [5.41, 5.74) is 6.79. The summed E-state index contributed by atoms with van der Waals surface area (Å²) < 4.78 is 5.21. The van der Waals surface area contributed by atoms with Gasteiger partial charge >= 0.3 is 0 Å². The van der Waals surface area contributed by atoms with Crippen LogP contribution in [0.1, 0.15) is 5.56 Å². The van der Waals surface area contributed by atoms with Crippen LogP contribution >= 0.6 is 11.8 Å². The normalized spacial score (nSPS) is 10.2. The fourth-order valence-electron chi connectivity index (χ4n) is 1.38. The summed E-state index contributed by atoms with van der Waals surface area (Å²) in [6.07, 6.45) is 3.25. The van der Waals surface area contributed by atoms with E-state index in [-0.39, 0.29) is 0 Å². The van der Waals surface area contributed by atoms with Gasteiger partial charge in [0, 0.05) is 17.6 Å². The number of hydrogen-bond acceptors (Lipinski definition) is 5. The van der Waals surface area contributed by atoms with Crippen molar-refractivity contribution < 1.29 is 4.74 Å². The van der Waals surface area contributed by atoms with Crippen LogP contribution in [0.15, 0.2) is 46.7 Å². The van der Waals surface area contributed by atoms with Crippen LogP contribution in [0.3, 0.4) is 0 Å². The average molecular weight is 247 g/mol.